The van der Waals surface area contributed by atoms with Crippen molar-refractivity contribution in [2.45, 2.75) is 13.0 Å². The Morgan fingerprint density at radius 2 is 1.76 bits per heavy atom. The first-order chi connectivity index (χ1) is 12.1. The molecule has 1 atom stereocenters. The average molecular weight is 335 g/mol. The van der Waals surface area contributed by atoms with Gasteiger partial charge in [0, 0.05) is 18.1 Å². The summed E-state index contributed by atoms with van der Waals surface area (Å²) in [6.07, 6.45) is 5.27. The molecular weight excluding hydrogens is 318 g/mol. The maximum Gasteiger partial charge on any atom is 0.336 e. The number of nitrogens with one attached hydrogen (secondary N) is 1. The van der Waals surface area contributed by atoms with Crippen molar-refractivity contribution >= 4 is 11.9 Å². The highest BCUT2D eigenvalue weighted by Gasteiger charge is 2.17. The second kappa shape index (κ2) is 7.00. The largest absolute Gasteiger partial charge is 0.478 e. The number of carbonyl (C=O) groups is 2. The normalized spacial score (nSPS) is 11.7. The van der Waals surface area contributed by atoms with Crippen LogP contribution in [0.25, 0.3) is 5.69 Å². The van der Waals surface area contributed by atoms with Crippen LogP contribution in [0.3, 0.4) is 0 Å². The lowest BCUT2D eigenvalue weighted by molar-refractivity contribution is 0.0690. The van der Waals surface area contributed by atoms with Gasteiger partial charge in [-0.1, -0.05) is 24.3 Å². The molecule has 3 rings (SSSR count). The number of carboxylic acids is 1. The zero-order valence-electron chi connectivity index (χ0n) is 13.6. The molecule has 0 spiro atoms. The van der Waals surface area contributed by atoms with Crippen molar-refractivity contribution in [1.29, 1.82) is 0 Å². The highest BCUT2D eigenvalue weighted by atomic mass is 16.4. The van der Waals surface area contributed by atoms with Crippen LogP contribution in [0.4, 0.5) is 0 Å². The summed E-state index contributed by atoms with van der Waals surface area (Å²) in [7, 11) is 0. The van der Waals surface area contributed by atoms with E-state index in [9.17, 15) is 14.7 Å². The molecule has 0 saturated carbocycles. The molecule has 2 aromatic carbocycles. The van der Waals surface area contributed by atoms with Crippen LogP contribution in [0.2, 0.25) is 0 Å². The van der Waals surface area contributed by atoms with Crippen LogP contribution in [0, 0.1) is 0 Å². The molecule has 1 heterocycles. The van der Waals surface area contributed by atoms with E-state index in [1.807, 2.05) is 42.0 Å². The third-order valence-electron chi connectivity index (χ3n) is 3.95. The van der Waals surface area contributed by atoms with Crippen molar-refractivity contribution in [2.75, 3.05) is 0 Å². The van der Waals surface area contributed by atoms with Crippen LogP contribution in [-0.4, -0.2) is 26.5 Å². The maximum absolute atomic E-state index is 12.4. The molecule has 0 aliphatic carbocycles. The summed E-state index contributed by atoms with van der Waals surface area (Å²) in [6.45, 7) is 1.85. The zero-order valence-corrected chi connectivity index (χ0v) is 13.6. The van der Waals surface area contributed by atoms with E-state index in [1.54, 1.807) is 24.7 Å². The fourth-order valence-corrected chi connectivity index (χ4v) is 2.57. The number of carboxylic acid groups (broad SMARTS) is 1. The predicted octanol–water partition coefficient (Wildman–Crippen LogP) is 3.06. The van der Waals surface area contributed by atoms with Crippen LogP contribution < -0.4 is 5.32 Å². The maximum atomic E-state index is 12.4. The lowest BCUT2D eigenvalue weighted by Gasteiger charge is -2.16. The monoisotopic (exact) mass is 335 g/mol. The molecule has 6 nitrogen and oxygen atoms in total. The van der Waals surface area contributed by atoms with Gasteiger partial charge in [0.15, 0.2) is 0 Å². The third kappa shape index (κ3) is 3.58. The second-order valence-corrected chi connectivity index (χ2v) is 5.61. The van der Waals surface area contributed by atoms with Crippen LogP contribution in [0.1, 0.15) is 39.2 Å². The minimum Gasteiger partial charge on any atom is -0.478 e. The molecule has 0 fully saturated rings. The number of aromatic carboxylic acids is 1. The second-order valence-electron chi connectivity index (χ2n) is 5.61. The molecule has 2 N–H and O–H groups in total. The molecule has 25 heavy (non-hydrogen) atoms. The Morgan fingerprint density at radius 1 is 1.08 bits per heavy atom. The molecular formula is C19H17N3O3. The van der Waals surface area contributed by atoms with Gasteiger partial charge in [-0.3, -0.25) is 4.79 Å². The molecule has 0 aliphatic rings. The van der Waals surface area contributed by atoms with Gasteiger partial charge in [-0.05, 0) is 36.8 Å². The van der Waals surface area contributed by atoms with Crippen molar-refractivity contribution in [3.63, 3.8) is 0 Å². The van der Waals surface area contributed by atoms with Crippen molar-refractivity contribution in [3.8, 4) is 5.69 Å². The molecule has 0 radical (unpaired) electrons. The summed E-state index contributed by atoms with van der Waals surface area (Å²) in [6, 6.07) is 13.6. The Hall–Kier alpha value is -3.41. The van der Waals surface area contributed by atoms with Crippen molar-refractivity contribution in [2.24, 2.45) is 0 Å². The Bertz CT molecular complexity index is 887. The summed E-state index contributed by atoms with van der Waals surface area (Å²) in [5.41, 5.74) is 2.03. The molecule has 0 saturated heterocycles. The van der Waals surface area contributed by atoms with E-state index < -0.39 is 11.9 Å². The Kier molecular flexibility index (Phi) is 4.61. The van der Waals surface area contributed by atoms with Gasteiger partial charge in [-0.25, -0.2) is 9.78 Å². The minimum absolute atomic E-state index is 0.0114. The zero-order chi connectivity index (χ0) is 17.8. The number of nitrogens with zero attached hydrogens (tertiary/aromatic N) is 2. The Morgan fingerprint density at radius 3 is 2.36 bits per heavy atom. The van der Waals surface area contributed by atoms with Crippen LogP contribution >= 0.6 is 0 Å². The van der Waals surface area contributed by atoms with E-state index in [0.29, 0.717) is 0 Å². The number of hydrogen-bond acceptors (Lipinski definition) is 3. The smallest absolute Gasteiger partial charge is 0.336 e. The van der Waals surface area contributed by atoms with E-state index in [1.165, 1.54) is 12.1 Å². The van der Waals surface area contributed by atoms with E-state index in [0.717, 1.165) is 11.3 Å². The standard InChI is InChI=1S/C19H17N3O3/c1-13(14-6-8-15(9-7-14)22-11-10-20-12-22)21-18(23)16-4-2-3-5-17(16)19(24)25/h2-13H,1H3,(H,21,23)(H,24,25)/t13-/m0/s1. The molecule has 6 heteroatoms. The fourth-order valence-electron chi connectivity index (χ4n) is 2.57. The van der Waals surface area contributed by atoms with E-state index in [2.05, 4.69) is 10.3 Å². The lowest BCUT2D eigenvalue weighted by atomic mass is 10.0. The predicted molar refractivity (Wildman–Crippen MR) is 92.8 cm³/mol. The first-order valence-corrected chi connectivity index (χ1v) is 7.78. The number of aromatic nitrogens is 2. The van der Waals surface area contributed by atoms with Gasteiger partial charge in [-0.15, -0.1) is 0 Å². The van der Waals surface area contributed by atoms with Crippen LogP contribution in [-0.2, 0) is 0 Å². The van der Waals surface area contributed by atoms with Gasteiger partial charge < -0.3 is 15.0 Å². The number of amides is 1. The number of hydrogen-bond donors (Lipinski definition) is 2. The van der Waals surface area contributed by atoms with Crippen LogP contribution in [0.15, 0.2) is 67.3 Å². The van der Waals surface area contributed by atoms with E-state index >= 15 is 0 Å². The summed E-state index contributed by atoms with van der Waals surface area (Å²) in [5.74, 6) is -1.53. The lowest BCUT2D eigenvalue weighted by Crippen LogP contribution is -2.28. The van der Waals surface area contributed by atoms with E-state index in [-0.39, 0.29) is 17.2 Å². The fraction of sp³-hybridized carbons (Fsp3) is 0.105. The average Bonchev–Trinajstić information content (AvgIpc) is 3.16. The number of benzene rings is 2. The van der Waals surface area contributed by atoms with Gasteiger partial charge in [0.05, 0.1) is 23.5 Å². The number of imidazole rings is 1. The first-order valence-electron chi connectivity index (χ1n) is 7.78. The SMILES string of the molecule is C[C@H](NC(=O)c1ccccc1C(=O)O)c1ccc(-n2ccnc2)cc1. The highest BCUT2D eigenvalue weighted by molar-refractivity contribution is 6.04. The molecule has 0 bridgehead atoms. The molecule has 0 unspecified atom stereocenters. The first kappa shape index (κ1) is 16.4. The molecule has 1 amide bonds. The quantitative estimate of drug-likeness (QED) is 0.750. The highest BCUT2D eigenvalue weighted by Crippen LogP contribution is 2.17. The molecule has 126 valence electrons. The summed E-state index contributed by atoms with van der Waals surface area (Å²) in [4.78, 5) is 27.7. The van der Waals surface area contributed by atoms with Crippen molar-refractivity contribution < 1.29 is 14.7 Å². The van der Waals surface area contributed by atoms with Crippen molar-refractivity contribution in [1.82, 2.24) is 14.9 Å². The van der Waals surface area contributed by atoms with E-state index in [4.69, 9.17) is 0 Å². The van der Waals surface area contributed by atoms with Crippen LogP contribution in [0.5, 0.6) is 0 Å². The summed E-state index contributed by atoms with van der Waals surface area (Å²) in [5, 5.41) is 12.0. The summed E-state index contributed by atoms with van der Waals surface area (Å²) >= 11 is 0. The third-order valence-corrected chi connectivity index (χ3v) is 3.95. The number of carbonyl (C=O) groups excluding carboxylic acids is 1. The van der Waals surface area contributed by atoms with Gasteiger partial charge in [0.1, 0.15) is 0 Å². The molecule has 1 aromatic heterocycles. The Labute approximate surface area is 144 Å². The van der Waals surface area contributed by atoms with Crippen molar-refractivity contribution in [3.05, 3.63) is 83.9 Å². The topological polar surface area (TPSA) is 84.2 Å². The van der Waals surface area contributed by atoms with Gasteiger partial charge in [0.2, 0.25) is 0 Å². The minimum atomic E-state index is -1.12. The number of rotatable bonds is 5. The van der Waals surface area contributed by atoms with Gasteiger partial charge >= 0.3 is 5.97 Å². The van der Waals surface area contributed by atoms with Gasteiger partial charge in [-0.2, -0.15) is 0 Å². The molecule has 3 aromatic rings. The van der Waals surface area contributed by atoms with Gasteiger partial charge in [0.25, 0.3) is 5.91 Å². The Balaban J connectivity index is 1.75. The molecule has 0 aliphatic heterocycles. The summed E-state index contributed by atoms with van der Waals surface area (Å²) < 4.78 is 1.89.